The molecule has 4 fully saturated rings. The van der Waals surface area contributed by atoms with E-state index < -0.39 is 0 Å². The number of halogens is 1. The molecule has 3 heterocycles. The second-order valence-corrected chi connectivity index (χ2v) is 14.2. The Hall–Kier alpha value is -2.16. The summed E-state index contributed by atoms with van der Waals surface area (Å²) in [5.41, 5.74) is 0.208. The third kappa shape index (κ3) is 14.7. The van der Waals surface area contributed by atoms with Crippen LogP contribution >= 0.6 is 11.6 Å². The van der Waals surface area contributed by atoms with Crippen molar-refractivity contribution in [1.29, 1.82) is 0 Å². The molecule has 1 aliphatic carbocycles. The molecule has 250 valence electrons. The number of amides is 3. The average Bonchev–Trinajstić information content (AvgIpc) is 3.73. The largest absolute Gasteiger partial charge is 0.378 e. The predicted octanol–water partition coefficient (Wildman–Crippen LogP) is 5.88. The Morgan fingerprint density at radius 1 is 0.932 bits per heavy atom. The molecule has 1 aromatic carbocycles. The van der Waals surface area contributed by atoms with Crippen LogP contribution in [0.3, 0.4) is 0 Å². The van der Waals surface area contributed by atoms with Gasteiger partial charge in [0.25, 0.3) is 0 Å². The van der Waals surface area contributed by atoms with E-state index in [-0.39, 0.29) is 23.3 Å². The smallest absolute Gasteiger partial charge is 0.227 e. The summed E-state index contributed by atoms with van der Waals surface area (Å²) < 4.78 is 5.00. The van der Waals surface area contributed by atoms with Gasteiger partial charge < -0.3 is 19.9 Å². The van der Waals surface area contributed by atoms with E-state index in [9.17, 15) is 14.4 Å². The summed E-state index contributed by atoms with van der Waals surface area (Å²) in [7, 11) is 0. The van der Waals surface area contributed by atoms with Crippen molar-refractivity contribution in [2.45, 2.75) is 98.1 Å². The van der Waals surface area contributed by atoms with E-state index in [1.165, 1.54) is 38.5 Å². The average molecular weight is 635 g/mol. The van der Waals surface area contributed by atoms with E-state index in [4.69, 9.17) is 16.3 Å². The minimum atomic E-state index is 0.124. The van der Waals surface area contributed by atoms with Crippen LogP contribution in [0.2, 0.25) is 5.02 Å². The predicted molar refractivity (Wildman–Crippen MR) is 180 cm³/mol. The van der Waals surface area contributed by atoms with Gasteiger partial charge in [-0.25, -0.2) is 0 Å². The number of likely N-dealkylation sites (tertiary alicyclic amines) is 2. The third-order valence-electron chi connectivity index (χ3n) is 8.72. The van der Waals surface area contributed by atoms with Gasteiger partial charge in [-0.15, -0.1) is 0 Å². The number of nitrogens with zero attached hydrogens (tertiary/aromatic N) is 3. The van der Waals surface area contributed by atoms with Crippen molar-refractivity contribution in [3.63, 3.8) is 0 Å². The Labute approximate surface area is 272 Å². The number of ether oxygens (including phenoxy) is 1. The first-order chi connectivity index (χ1) is 20.9. The van der Waals surface area contributed by atoms with Crippen LogP contribution < -0.4 is 5.32 Å². The van der Waals surface area contributed by atoms with Gasteiger partial charge in [-0.3, -0.25) is 19.3 Å². The van der Waals surface area contributed by atoms with Gasteiger partial charge in [-0.1, -0.05) is 50.6 Å². The van der Waals surface area contributed by atoms with E-state index in [0.29, 0.717) is 25.2 Å². The fourth-order valence-corrected chi connectivity index (χ4v) is 5.78. The van der Waals surface area contributed by atoms with Crippen LogP contribution in [0.5, 0.6) is 0 Å². The lowest BCUT2D eigenvalue weighted by molar-refractivity contribution is -0.134. The molecule has 0 bridgehead atoms. The summed E-state index contributed by atoms with van der Waals surface area (Å²) in [5, 5.41) is 3.89. The lowest BCUT2D eigenvalue weighted by Gasteiger charge is -2.31. The summed E-state index contributed by atoms with van der Waals surface area (Å²) in [6.45, 7) is 19.8. The lowest BCUT2D eigenvalue weighted by Crippen LogP contribution is -2.41. The second-order valence-electron chi connectivity index (χ2n) is 13.8. The van der Waals surface area contributed by atoms with Gasteiger partial charge in [-0.05, 0) is 90.3 Å². The minimum absolute atomic E-state index is 0.124. The van der Waals surface area contributed by atoms with Gasteiger partial charge in [0.1, 0.15) is 0 Å². The molecule has 3 aliphatic heterocycles. The van der Waals surface area contributed by atoms with E-state index in [2.05, 4.69) is 42.8 Å². The normalized spacial score (nSPS) is 23.8. The number of benzene rings is 1. The fourth-order valence-electron chi connectivity index (χ4n) is 5.64. The fraction of sp³-hybridized carbons (Fsp3) is 0.743. The maximum Gasteiger partial charge on any atom is 0.227 e. The van der Waals surface area contributed by atoms with Crippen molar-refractivity contribution >= 4 is 29.8 Å². The van der Waals surface area contributed by atoms with Crippen molar-refractivity contribution < 1.29 is 19.1 Å². The van der Waals surface area contributed by atoms with E-state index >= 15 is 0 Å². The molecule has 3 saturated heterocycles. The molecule has 1 aromatic rings. The molecule has 1 N–H and O–H groups in total. The summed E-state index contributed by atoms with van der Waals surface area (Å²) in [6, 6.07) is 9.89. The van der Waals surface area contributed by atoms with Gasteiger partial charge in [0.15, 0.2) is 0 Å². The molecule has 0 spiro atoms. The molecule has 1 saturated carbocycles. The number of nitrogens with one attached hydrogen (secondary N) is 1. The van der Waals surface area contributed by atoms with E-state index in [1.807, 2.05) is 44.2 Å². The standard InChI is InChI=1S/C13H24N2O.C11H21NO.C6H5Cl.C5H9NO2/c1-13(2,3)15-9-6-11(10-15)12(16)14-7-4-5-8-14;1-8(2)11(13)12-10-6-4-9(3)5-7-10;7-6-4-2-1-3-5-6;7-5-6-1-3-8-4-2-6/h11H,4-10H2,1-3H3;8-10H,4-7H2,1-3H3,(H,12,13);1-5H;5H,1-4H2. The number of hydrogen-bond acceptors (Lipinski definition) is 5. The SMILES string of the molecule is CC(C)(C)N1CCC(C(=O)N2CCCC2)C1.CC1CCC(NC(=O)C(C)C)CC1.Clc1ccccc1.O=CN1CCOCC1. The summed E-state index contributed by atoms with van der Waals surface area (Å²) in [5.74, 6) is 1.85. The Morgan fingerprint density at radius 2 is 1.52 bits per heavy atom. The number of rotatable bonds is 4. The van der Waals surface area contributed by atoms with Gasteiger partial charge in [0.05, 0.1) is 19.1 Å². The maximum atomic E-state index is 12.2. The molecule has 4 aliphatic rings. The highest BCUT2D eigenvalue weighted by Gasteiger charge is 2.36. The van der Waals surface area contributed by atoms with Gasteiger partial charge in [-0.2, -0.15) is 0 Å². The van der Waals surface area contributed by atoms with Crippen LogP contribution in [0, 0.1) is 17.8 Å². The summed E-state index contributed by atoms with van der Waals surface area (Å²) in [4.78, 5) is 39.8. The highest BCUT2D eigenvalue weighted by atomic mass is 35.5. The minimum Gasteiger partial charge on any atom is -0.378 e. The zero-order chi connectivity index (χ0) is 32.5. The molecule has 0 aromatic heterocycles. The zero-order valence-electron chi connectivity index (χ0n) is 28.2. The number of hydrogen-bond donors (Lipinski definition) is 1. The molecule has 44 heavy (non-hydrogen) atoms. The number of carbonyl (C=O) groups excluding carboxylic acids is 3. The second kappa shape index (κ2) is 20.1. The number of morpholine rings is 1. The monoisotopic (exact) mass is 634 g/mol. The zero-order valence-corrected chi connectivity index (χ0v) is 29.0. The van der Waals surface area contributed by atoms with Gasteiger partial charge in [0, 0.05) is 55.2 Å². The van der Waals surface area contributed by atoms with Crippen molar-refractivity contribution in [2.24, 2.45) is 17.8 Å². The molecule has 0 radical (unpaired) electrons. The molecule has 9 heteroatoms. The maximum absolute atomic E-state index is 12.2. The van der Waals surface area contributed by atoms with Crippen LogP contribution in [-0.2, 0) is 19.1 Å². The van der Waals surface area contributed by atoms with Crippen LogP contribution in [0.25, 0.3) is 0 Å². The lowest BCUT2D eigenvalue weighted by atomic mass is 9.87. The molecule has 5 rings (SSSR count). The van der Waals surface area contributed by atoms with Gasteiger partial charge >= 0.3 is 0 Å². The van der Waals surface area contributed by atoms with Crippen LogP contribution in [0.1, 0.15) is 86.5 Å². The molecular weight excluding hydrogens is 576 g/mol. The highest BCUT2D eigenvalue weighted by Crippen LogP contribution is 2.27. The number of carbonyl (C=O) groups is 3. The van der Waals surface area contributed by atoms with Crippen molar-refractivity contribution in [2.75, 3.05) is 52.5 Å². The topological polar surface area (TPSA) is 82.2 Å². The first-order valence-corrected chi connectivity index (χ1v) is 17.1. The Balaban J connectivity index is 0.000000216. The molecular formula is C35H59ClN4O4. The summed E-state index contributed by atoms with van der Waals surface area (Å²) in [6.07, 6.45) is 9.17. The van der Waals surface area contributed by atoms with E-state index in [0.717, 1.165) is 63.0 Å². The van der Waals surface area contributed by atoms with Crippen molar-refractivity contribution in [1.82, 2.24) is 20.0 Å². The van der Waals surface area contributed by atoms with Gasteiger partial charge in [0.2, 0.25) is 18.2 Å². The Bertz CT molecular complexity index is 951. The van der Waals surface area contributed by atoms with Crippen molar-refractivity contribution in [3.8, 4) is 0 Å². The third-order valence-corrected chi connectivity index (χ3v) is 8.97. The van der Waals surface area contributed by atoms with Crippen LogP contribution in [0.15, 0.2) is 30.3 Å². The highest BCUT2D eigenvalue weighted by molar-refractivity contribution is 6.30. The van der Waals surface area contributed by atoms with Crippen LogP contribution in [0.4, 0.5) is 0 Å². The Kier molecular flexibility index (Phi) is 17.3. The van der Waals surface area contributed by atoms with Crippen LogP contribution in [-0.4, -0.2) is 97.0 Å². The molecule has 1 unspecified atom stereocenters. The molecule has 8 nitrogen and oxygen atoms in total. The molecule has 1 atom stereocenters. The summed E-state index contributed by atoms with van der Waals surface area (Å²) >= 11 is 5.54. The quantitative estimate of drug-likeness (QED) is 0.418. The Morgan fingerprint density at radius 3 is 1.95 bits per heavy atom. The van der Waals surface area contributed by atoms with E-state index in [1.54, 1.807) is 4.90 Å². The first-order valence-electron chi connectivity index (χ1n) is 16.7. The molecule has 3 amide bonds. The van der Waals surface area contributed by atoms with Crippen molar-refractivity contribution in [3.05, 3.63) is 35.4 Å². The first kappa shape index (κ1) is 38.0.